The van der Waals surface area contributed by atoms with Gasteiger partial charge in [-0.3, -0.25) is 4.90 Å². The average Bonchev–Trinajstić information content (AvgIpc) is 3.38. The fourth-order valence-corrected chi connectivity index (χ4v) is 4.34. The second-order valence-electron chi connectivity index (χ2n) is 8.66. The van der Waals surface area contributed by atoms with Crippen LogP contribution in [0.2, 0.25) is 0 Å². The van der Waals surface area contributed by atoms with Gasteiger partial charge in [0.1, 0.15) is 23.8 Å². The summed E-state index contributed by atoms with van der Waals surface area (Å²) in [5.41, 5.74) is -3.44. The molecular weight excluding hydrogens is 501 g/mol. The number of rotatable bonds is 5. The van der Waals surface area contributed by atoms with Gasteiger partial charge in [0.2, 0.25) is 0 Å². The number of aromatic nitrogens is 3. The first-order chi connectivity index (χ1) is 16.8. The van der Waals surface area contributed by atoms with E-state index in [0.717, 1.165) is 0 Å². The maximum absolute atomic E-state index is 13.5. The molecule has 192 valence electrons. The largest absolute Gasteiger partial charge is 0.447 e. The Morgan fingerprint density at radius 1 is 1.06 bits per heavy atom. The summed E-state index contributed by atoms with van der Waals surface area (Å²) in [4.78, 5) is 16.6. The van der Waals surface area contributed by atoms with Crippen molar-refractivity contribution >= 4 is 17.6 Å². The van der Waals surface area contributed by atoms with Crippen molar-refractivity contribution in [2.75, 3.05) is 31.6 Å². The highest BCUT2D eigenvalue weighted by Gasteiger charge is 2.51. The van der Waals surface area contributed by atoms with Gasteiger partial charge in [-0.25, -0.2) is 14.2 Å². The number of alkyl carbamates (subject to hydrolysis) is 1. The zero-order valence-electron chi connectivity index (χ0n) is 18.1. The number of halogens is 7. The molecule has 3 aromatic rings. The molecule has 1 amide bonds. The predicted octanol–water partition coefficient (Wildman–Crippen LogP) is 3.85. The van der Waals surface area contributed by atoms with Crippen molar-refractivity contribution < 1.29 is 40.3 Å². The van der Waals surface area contributed by atoms with Gasteiger partial charge in [0.15, 0.2) is 17.0 Å². The van der Waals surface area contributed by atoms with Crippen molar-refractivity contribution in [2.45, 2.75) is 23.9 Å². The van der Waals surface area contributed by atoms with E-state index in [9.17, 15) is 35.5 Å². The summed E-state index contributed by atoms with van der Waals surface area (Å²) < 4.78 is 98.8. The molecule has 36 heavy (non-hydrogen) atoms. The Balaban J connectivity index is 1.46. The van der Waals surface area contributed by atoms with Crippen LogP contribution >= 0.6 is 0 Å². The summed E-state index contributed by atoms with van der Waals surface area (Å²) in [7, 11) is 0. The molecule has 0 radical (unpaired) electrons. The zero-order chi connectivity index (χ0) is 25.9. The minimum absolute atomic E-state index is 0.0753. The lowest BCUT2D eigenvalue weighted by Crippen LogP contribution is -2.69. The van der Waals surface area contributed by atoms with Gasteiger partial charge in [-0.1, -0.05) is 12.1 Å². The van der Waals surface area contributed by atoms with E-state index < -0.39 is 52.9 Å². The number of anilines is 1. The van der Waals surface area contributed by atoms with Gasteiger partial charge in [-0.15, -0.1) is 0 Å². The van der Waals surface area contributed by atoms with Crippen LogP contribution in [0.4, 0.5) is 41.3 Å². The second kappa shape index (κ2) is 8.21. The molecule has 4 heterocycles. The number of benzene rings is 1. The third-order valence-corrected chi connectivity index (χ3v) is 6.04. The van der Waals surface area contributed by atoms with Gasteiger partial charge >= 0.3 is 18.4 Å². The minimum atomic E-state index is -4.91. The number of alkyl halides is 6. The van der Waals surface area contributed by atoms with E-state index in [-0.39, 0.29) is 19.0 Å². The van der Waals surface area contributed by atoms with E-state index >= 15 is 0 Å². The maximum Gasteiger partial charge on any atom is 0.435 e. The number of cyclic esters (lactones) is 1. The topological polar surface area (TPSA) is 83.8 Å². The van der Waals surface area contributed by atoms with Gasteiger partial charge in [-0.2, -0.15) is 36.0 Å². The molecule has 1 spiro atoms. The Morgan fingerprint density at radius 2 is 1.72 bits per heavy atom. The van der Waals surface area contributed by atoms with E-state index in [4.69, 9.17) is 4.74 Å². The quantitative estimate of drug-likeness (QED) is 0.500. The number of ether oxygens (including phenoxy) is 1. The Morgan fingerprint density at radius 3 is 2.31 bits per heavy atom. The summed E-state index contributed by atoms with van der Waals surface area (Å²) in [5, 5.41) is 8.85. The van der Waals surface area contributed by atoms with Crippen molar-refractivity contribution in [3.8, 4) is 0 Å². The highest BCUT2D eigenvalue weighted by atomic mass is 19.4. The van der Waals surface area contributed by atoms with Crippen LogP contribution < -0.4 is 10.6 Å². The third-order valence-electron chi connectivity index (χ3n) is 6.04. The first kappa shape index (κ1) is 24.1. The van der Waals surface area contributed by atoms with Crippen LogP contribution in [-0.4, -0.2) is 57.4 Å². The number of hydrogen-bond donors (Lipinski definition) is 2. The van der Waals surface area contributed by atoms with E-state index in [1.807, 2.05) is 4.90 Å². The number of nitrogens with zero attached hydrogens (tertiary/aromatic N) is 4. The number of amides is 1. The Kier molecular flexibility index (Phi) is 5.50. The van der Waals surface area contributed by atoms with Gasteiger partial charge in [0, 0.05) is 31.8 Å². The Bertz CT molecular complexity index is 1300. The molecule has 0 unspecified atom stereocenters. The van der Waals surface area contributed by atoms with Gasteiger partial charge in [0.05, 0.1) is 6.04 Å². The highest BCUT2D eigenvalue weighted by molar-refractivity contribution is 5.71. The van der Waals surface area contributed by atoms with Crippen molar-refractivity contribution in [1.82, 2.24) is 24.8 Å². The summed E-state index contributed by atoms with van der Waals surface area (Å²) in [6, 6.07) is 5.89. The molecule has 1 atom stereocenters. The van der Waals surface area contributed by atoms with Gasteiger partial charge in [-0.05, 0) is 17.7 Å². The lowest BCUT2D eigenvalue weighted by atomic mass is 9.88. The Labute approximate surface area is 198 Å². The summed E-state index contributed by atoms with van der Waals surface area (Å²) in [6.45, 7) is 0.734. The van der Waals surface area contributed by atoms with Crippen LogP contribution in [0, 0.1) is 5.82 Å². The number of fused-ring (bicyclic) bond motifs is 1. The van der Waals surface area contributed by atoms with E-state index in [1.165, 1.54) is 24.3 Å². The SMILES string of the molecule is O=C1NC2(CO1)CN([C@H](CNc1cc(C(F)(F)F)nc3cc(C(F)(F)F)nn13)c1ccc(F)cc1)C2. The van der Waals surface area contributed by atoms with Crippen LogP contribution in [-0.2, 0) is 17.1 Å². The molecule has 0 saturated carbocycles. The minimum Gasteiger partial charge on any atom is -0.447 e. The van der Waals surface area contributed by atoms with Gasteiger partial charge < -0.3 is 15.4 Å². The van der Waals surface area contributed by atoms with Crippen LogP contribution in [0.15, 0.2) is 36.4 Å². The molecule has 0 bridgehead atoms. The van der Waals surface area contributed by atoms with Crippen molar-refractivity contribution in [3.05, 3.63) is 59.2 Å². The number of carbonyl (C=O) groups excluding carboxylic acids is 1. The molecule has 5 rings (SSSR count). The van der Waals surface area contributed by atoms with Crippen molar-refractivity contribution in [2.24, 2.45) is 0 Å². The number of carbonyl (C=O) groups is 1. The molecule has 2 N–H and O–H groups in total. The van der Waals surface area contributed by atoms with Crippen LogP contribution in [0.3, 0.4) is 0 Å². The fraction of sp³-hybridized carbons (Fsp3) is 0.381. The smallest absolute Gasteiger partial charge is 0.435 e. The molecule has 2 aliphatic rings. The highest BCUT2D eigenvalue weighted by Crippen LogP contribution is 2.36. The van der Waals surface area contributed by atoms with Crippen molar-refractivity contribution in [1.29, 1.82) is 0 Å². The van der Waals surface area contributed by atoms with Crippen LogP contribution in [0.25, 0.3) is 5.65 Å². The van der Waals surface area contributed by atoms with E-state index in [1.54, 1.807) is 0 Å². The summed E-state index contributed by atoms with van der Waals surface area (Å²) in [6.07, 6.45) is -10.4. The third kappa shape index (κ3) is 4.50. The lowest BCUT2D eigenvalue weighted by Gasteiger charge is -2.50. The lowest BCUT2D eigenvalue weighted by molar-refractivity contribution is -0.142. The number of hydrogen-bond acceptors (Lipinski definition) is 6. The molecule has 15 heteroatoms. The monoisotopic (exact) mass is 518 g/mol. The molecule has 0 aliphatic carbocycles. The summed E-state index contributed by atoms with van der Waals surface area (Å²) >= 11 is 0. The number of nitrogens with one attached hydrogen (secondary N) is 2. The molecule has 2 aromatic heterocycles. The average molecular weight is 518 g/mol. The molecule has 8 nitrogen and oxygen atoms in total. The fourth-order valence-electron chi connectivity index (χ4n) is 4.34. The summed E-state index contributed by atoms with van der Waals surface area (Å²) in [5.74, 6) is -0.855. The Hall–Kier alpha value is -3.62. The molecule has 1 aromatic carbocycles. The first-order valence-corrected chi connectivity index (χ1v) is 10.6. The maximum atomic E-state index is 13.5. The van der Waals surface area contributed by atoms with Crippen LogP contribution in [0.5, 0.6) is 0 Å². The number of likely N-dealkylation sites (tertiary alicyclic amines) is 1. The van der Waals surface area contributed by atoms with E-state index in [2.05, 4.69) is 20.7 Å². The van der Waals surface area contributed by atoms with Gasteiger partial charge in [0.25, 0.3) is 0 Å². The van der Waals surface area contributed by atoms with Crippen molar-refractivity contribution in [3.63, 3.8) is 0 Å². The second-order valence-corrected chi connectivity index (χ2v) is 8.66. The zero-order valence-corrected chi connectivity index (χ0v) is 18.1. The molecule has 2 saturated heterocycles. The standard InChI is InChI=1S/C21H17F7N6O2/c22-12-3-1-11(2-4-12)13(33-8-19(9-33)10-36-18(35)31-19)7-29-16-5-14(20(23,24)25)30-17-6-15(21(26,27)28)32-34(16)17/h1-6,13,29H,7-10H2,(H,31,35)/t13-/m1/s1. The predicted molar refractivity (Wildman–Crippen MR) is 109 cm³/mol. The molecule has 2 aliphatic heterocycles. The molecule has 2 fully saturated rings. The normalized spacial score (nSPS) is 18.7. The first-order valence-electron chi connectivity index (χ1n) is 10.6. The molecular formula is C21H17F7N6O2. The van der Waals surface area contributed by atoms with Crippen LogP contribution in [0.1, 0.15) is 23.0 Å². The van der Waals surface area contributed by atoms with E-state index in [0.29, 0.717) is 35.3 Å².